The van der Waals surface area contributed by atoms with Crippen molar-refractivity contribution >= 4 is 23.4 Å². The first-order valence-corrected chi connectivity index (χ1v) is 6.14. The maximum absolute atomic E-state index is 11.0. The smallest absolute Gasteiger partial charge is 0.341 e. The molecule has 0 bridgehead atoms. The van der Waals surface area contributed by atoms with E-state index in [1.807, 2.05) is 0 Å². The van der Waals surface area contributed by atoms with Crippen LogP contribution < -0.4 is 5.32 Å². The van der Waals surface area contributed by atoms with Gasteiger partial charge in [0.2, 0.25) is 5.28 Å². The van der Waals surface area contributed by atoms with Gasteiger partial charge in [0, 0.05) is 12.2 Å². The first-order valence-electron chi connectivity index (χ1n) is 5.76. The van der Waals surface area contributed by atoms with Gasteiger partial charge in [-0.3, -0.25) is 0 Å². The maximum atomic E-state index is 11.0. The van der Waals surface area contributed by atoms with Crippen LogP contribution in [0.15, 0.2) is 6.20 Å². The summed E-state index contributed by atoms with van der Waals surface area (Å²) >= 11 is 5.67. The van der Waals surface area contributed by atoms with Crippen molar-refractivity contribution in [2.24, 2.45) is 0 Å². The van der Waals surface area contributed by atoms with Crippen LogP contribution in [0.1, 0.15) is 36.0 Å². The quantitative estimate of drug-likeness (QED) is 0.722. The van der Waals surface area contributed by atoms with Crippen molar-refractivity contribution in [1.82, 2.24) is 9.97 Å². The normalized spacial score (nSPS) is 23.7. The zero-order valence-corrected chi connectivity index (χ0v) is 10.4. The summed E-state index contributed by atoms with van der Waals surface area (Å²) in [5, 5.41) is 21.5. The van der Waals surface area contributed by atoms with Gasteiger partial charge >= 0.3 is 5.97 Å². The molecule has 1 fully saturated rings. The van der Waals surface area contributed by atoms with Gasteiger partial charge in [-0.05, 0) is 37.3 Å². The maximum Gasteiger partial charge on any atom is 0.341 e. The molecule has 1 aliphatic rings. The molecule has 1 aromatic heterocycles. The van der Waals surface area contributed by atoms with Gasteiger partial charge < -0.3 is 15.5 Å². The van der Waals surface area contributed by atoms with Gasteiger partial charge in [0.1, 0.15) is 11.4 Å². The highest BCUT2D eigenvalue weighted by atomic mass is 35.5. The Balaban J connectivity index is 2.12. The molecule has 0 saturated heterocycles. The molecule has 0 unspecified atom stereocenters. The Morgan fingerprint density at radius 3 is 2.67 bits per heavy atom. The third-order valence-electron chi connectivity index (χ3n) is 3.03. The number of hydrogen-bond donors (Lipinski definition) is 3. The molecule has 0 amide bonds. The van der Waals surface area contributed by atoms with Crippen molar-refractivity contribution in [3.05, 3.63) is 17.0 Å². The average Bonchev–Trinajstić information content (AvgIpc) is 2.32. The lowest BCUT2D eigenvalue weighted by Gasteiger charge is -2.26. The van der Waals surface area contributed by atoms with E-state index in [-0.39, 0.29) is 28.8 Å². The Morgan fingerprint density at radius 1 is 1.39 bits per heavy atom. The molecule has 1 saturated carbocycles. The van der Waals surface area contributed by atoms with Crippen LogP contribution in [0.2, 0.25) is 5.28 Å². The topological polar surface area (TPSA) is 95.3 Å². The lowest BCUT2D eigenvalue weighted by molar-refractivity contribution is 0.0696. The van der Waals surface area contributed by atoms with E-state index in [2.05, 4.69) is 15.3 Å². The van der Waals surface area contributed by atoms with Gasteiger partial charge in [-0.15, -0.1) is 0 Å². The molecule has 3 N–H and O–H groups in total. The molecule has 98 valence electrons. The summed E-state index contributed by atoms with van der Waals surface area (Å²) in [6.45, 7) is 0. The fourth-order valence-corrected chi connectivity index (χ4v) is 2.17. The summed E-state index contributed by atoms with van der Waals surface area (Å²) in [6, 6.07) is 0.109. The largest absolute Gasteiger partial charge is 0.477 e. The third kappa shape index (κ3) is 3.08. The summed E-state index contributed by atoms with van der Waals surface area (Å²) in [6.07, 6.45) is 3.91. The molecule has 1 aliphatic carbocycles. The second-order valence-corrected chi connectivity index (χ2v) is 4.69. The Hall–Kier alpha value is -1.40. The van der Waals surface area contributed by atoms with Crippen molar-refractivity contribution < 1.29 is 15.0 Å². The number of nitrogens with one attached hydrogen (secondary N) is 1. The molecule has 1 aromatic rings. The monoisotopic (exact) mass is 271 g/mol. The van der Waals surface area contributed by atoms with Crippen LogP contribution in [-0.2, 0) is 0 Å². The number of halogens is 1. The second kappa shape index (κ2) is 5.49. The van der Waals surface area contributed by atoms with Crippen LogP contribution in [0.3, 0.4) is 0 Å². The molecule has 0 radical (unpaired) electrons. The highest BCUT2D eigenvalue weighted by Gasteiger charge is 2.22. The van der Waals surface area contributed by atoms with E-state index in [4.69, 9.17) is 16.7 Å². The first-order chi connectivity index (χ1) is 8.56. The highest BCUT2D eigenvalue weighted by molar-refractivity contribution is 6.28. The van der Waals surface area contributed by atoms with Crippen LogP contribution in [0.4, 0.5) is 5.82 Å². The Bertz CT molecular complexity index is 447. The van der Waals surface area contributed by atoms with E-state index < -0.39 is 5.97 Å². The molecule has 1 heterocycles. The molecule has 0 atom stereocenters. The van der Waals surface area contributed by atoms with E-state index in [9.17, 15) is 9.90 Å². The predicted octanol–water partition coefficient (Wildman–Crippen LogP) is 1.54. The van der Waals surface area contributed by atoms with Crippen LogP contribution in [0.25, 0.3) is 0 Å². The van der Waals surface area contributed by atoms with Crippen molar-refractivity contribution in [2.45, 2.75) is 37.8 Å². The van der Waals surface area contributed by atoms with Crippen molar-refractivity contribution in [3.8, 4) is 0 Å². The summed E-state index contributed by atoms with van der Waals surface area (Å²) in [4.78, 5) is 18.6. The molecule has 6 nitrogen and oxygen atoms in total. The van der Waals surface area contributed by atoms with E-state index in [0.29, 0.717) is 12.8 Å². The van der Waals surface area contributed by atoms with Crippen LogP contribution in [0, 0.1) is 0 Å². The number of anilines is 1. The van der Waals surface area contributed by atoms with Gasteiger partial charge in [-0.2, -0.15) is 4.98 Å². The number of carboxylic acid groups (broad SMARTS) is 1. The minimum atomic E-state index is -1.09. The zero-order chi connectivity index (χ0) is 13.1. The first kappa shape index (κ1) is 13.0. The highest BCUT2D eigenvalue weighted by Crippen LogP contribution is 2.23. The SMILES string of the molecule is O=C(O)c1cnc(Cl)nc1N[C@H]1CC[C@H](O)CC1. The van der Waals surface area contributed by atoms with Crippen LogP contribution in [-0.4, -0.2) is 38.3 Å². The fourth-order valence-electron chi connectivity index (χ4n) is 2.04. The van der Waals surface area contributed by atoms with Crippen LogP contribution in [0.5, 0.6) is 0 Å². The van der Waals surface area contributed by atoms with Gasteiger partial charge in [0.25, 0.3) is 0 Å². The van der Waals surface area contributed by atoms with E-state index in [1.165, 1.54) is 6.20 Å². The molecule has 0 aromatic carbocycles. The van der Waals surface area contributed by atoms with Crippen molar-refractivity contribution in [3.63, 3.8) is 0 Å². The fraction of sp³-hybridized carbons (Fsp3) is 0.545. The number of carboxylic acids is 1. The van der Waals surface area contributed by atoms with Gasteiger partial charge in [0.15, 0.2) is 0 Å². The van der Waals surface area contributed by atoms with E-state index in [0.717, 1.165) is 12.8 Å². The second-order valence-electron chi connectivity index (χ2n) is 4.36. The lowest BCUT2D eigenvalue weighted by atomic mass is 9.93. The minimum Gasteiger partial charge on any atom is -0.477 e. The average molecular weight is 272 g/mol. The van der Waals surface area contributed by atoms with E-state index in [1.54, 1.807) is 0 Å². The number of aliphatic hydroxyl groups excluding tert-OH is 1. The van der Waals surface area contributed by atoms with Crippen LogP contribution >= 0.6 is 11.6 Å². The molecule has 2 rings (SSSR count). The Kier molecular flexibility index (Phi) is 3.98. The van der Waals surface area contributed by atoms with Crippen molar-refractivity contribution in [2.75, 3.05) is 5.32 Å². The number of aromatic carboxylic acids is 1. The molecule has 18 heavy (non-hydrogen) atoms. The lowest BCUT2D eigenvalue weighted by Crippen LogP contribution is -2.29. The zero-order valence-electron chi connectivity index (χ0n) is 9.64. The summed E-state index contributed by atoms with van der Waals surface area (Å²) in [7, 11) is 0. The summed E-state index contributed by atoms with van der Waals surface area (Å²) < 4.78 is 0. The third-order valence-corrected chi connectivity index (χ3v) is 3.21. The summed E-state index contributed by atoms with van der Waals surface area (Å²) in [5.74, 6) is -0.853. The number of aromatic nitrogens is 2. The molecule has 0 aliphatic heterocycles. The molecular formula is C11H14ClN3O3. The Morgan fingerprint density at radius 2 is 2.06 bits per heavy atom. The minimum absolute atomic E-state index is 0.00511. The van der Waals surface area contributed by atoms with Gasteiger partial charge in [-0.25, -0.2) is 9.78 Å². The number of carbonyl (C=O) groups is 1. The molecular weight excluding hydrogens is 258 g/mol. The number of rotatable bonds is 3. The van der Waals surface area contributed by atoms with Crippen molar-refractivity contribution in [1.29, 1.82) is 0 Å². The number of aliphatic hydroxyl groups is 1. The van der Waals surface area contributed by atoms with Gasteiger partial charge in [0.05, 0.1) is 6.10 Å². The number of hydrogen-bond acceptors (Lipinski definition) is 5. The van der Waals surface area contributed by atoms with E-state index >= 15 is 0 Å². The predicted molar refractivity (Wildman–Crippen MR) is 65.9 cm³/mol. The van der Waals surface area contributed by atoms with Gasteiger partial charge in [-0.1, -0.05) is 0 Å². The molecule has 7 heteroatoms. The number of nitrogens with zero attached hydrogens (tertiary/aromatic N) is 2. The standard InChI is InChI=1S/C11H14ClN3O3/c12-11-13-5-8(10(17)18)9(15-11)14-6-1-3-7(16)4-2-6/h5-7,16H,1-4H2,(H,17,18)(H,13,14,15)/t6-,7-. The molecule has 0 spiro atoms. The Labute approximate surface area is 109 Å². The summed E-state index contributed by atoms with van der Waals surface area (Å²) in [5.41, 5.74) is 0.00511.